The van der Waals surface area contributed by atoms with Crippen molar-refractivity contribution >= 4 is 6.29 Å². The van der Waals surface area contributed by atoms with Crippen LogP contribution < -0.4 is 5.32 Å². The highest BCUT2D eigenvalue weighted by Crippen LogP contribution is 2.06. The van der Waals surface area contributed by atoms with Crippen LogP contribution in [0.2, 0.25) is 0 Å². The lowest BCUT2D eigenvalue weighted by Crippen LogP contribution is -2.55. The van der Waals surface area contributed by atoms with Gasteiger partial charge < -0.3 is 10.1 Å². The average Bonchev–Trinajstić information content (AvgIpc) is 2.14. The van der Waals surface area contributed by atoms with E-state index in [1.165, 1.54) is 6.42 Å². The Morgan fingerprint density at radius 3 is 2.92 bits per heavy atom. The summed E-state index contributed by atoms with van der Waals surface area (Å²) in [6, 6.07) is 1.17. The summed E-state index contributed by atoms with van der Waals surface area (Å²) in [5, 5.41) is 3.54. The van der Waals surface area contributed by atoms with Crippen molar-refractivity contribution in [1.29, 1.82) is 0 Å². The van der Waals surface area contributed by atoms with Gasteiger partial charge in [-0.05, 0) is 13.3 Å². The van der Waals surface area contributed by atoms with E-state index in [9.17, 15) is 4.79 Å². The number of nitrogens with one attached hydrogen (secondary N) is 1. The molecule has 1 fully saturated rings. The maximum absolute atomic E-state index is 10.2. The van der Waals surface area contributed by atoms with Crippen LogP contribution >= 0.6 is 0 Å². The fourth-order valence-electron chi connectivity index (χ4n) is 1.95. The van der Waals surface area contributed by atoms with E-state index >= 15 is 0 Å². The van der Waals surface area contributed by atoms with E-state index in [0.29, 0.717) is 18.5 Å². The average molecular weight is 184 g/mol. The fraction of sp³-hybridized carbons (Fsp3) is 0.900. The van der Waals surface area contributed by atoms with Gasteiger partial charge in [0.25, 0.3) is 0 Å². The molecule has 0 aliphatic carbocycles. The van der Waals surface area contributed by atoms with Gasteiger partial charge >= 0.3 is 0 Å². The molecule has 76 valence electrons. The van der Waals surface area contributed by atoms with Gasteiger partial charge in [-0.2, -0.15) is 0 Å². The molecule has 1 saturated heterocycles. The molecular weight excluding hydrogens is 164 g/mol. The van der Waals surface area contributed by atoms with Crippen molar-refractivity contribution in [2.45, 2.75) is 38.8 Å². The number of hydrogen-bond donors (Lipinski definition) is 1. The maximum Gasteiger partial charge on any atom is 0.121 e. The van der Waals surface area contributed by atoms with Crippen molar-refractivity contribution in [2.75, 3.05) is 19.6 Å². The summed E-state index contributed by atoms with van der Waals surface area (Å²) in [4.78, 5) is 12.6. The summed E-state index contributed by atoms with van der Waals surface area (Å²) in [5.74, 6) is 0. The first-order valence-electron chi connectivity index (χ1n) is 5.18. The molecule has 1 aliphatic heterocycles. The molecule has 0 aromatic rings. The summed E-state index contributed by atoms with van der Waals surface area (Å²) in [6.45, 7) is 7.49. The molecule has 1 heterocycles. The Balaban J connectivity index is 2.33. The summed E-state index contributed by atoms with van der Waals surface area (Å²) < 4.78 is 0. The fourth-order valence-corrected chi connectivity index (χ4v) is 1.95. The highest BCUT2D eigenvalue weighted by Gasteiger charge is 2.21. The molecule has 1 rings (SSSR count). The molecule has 0 saturated carbocycles. The van der Waals surface area contributed by atoms with Crippen molar-refractivity contribution in [3.05, 3.63) is 0 Å². The molecule has 1 aliphatic rings. The zero-order valence-electron chi connectivity index (χ0n) is 8.62. The van der Waals surface area contributed by atoms with E-state index in [-0.39, 0.29) is 0 Å². The first-order chi connectivity index (χ1) is 6.26. The largest absolute Gasteiger partial charge is 0.309 e. The number of rotatable bonds is 4. The molecule has 2 unspecified atom stereocenters. The minimum atomic E-state index is 0.561. The van der Waals surface area contributed by atoms with Crippen LogP contribution in [0.25, 0.3) is 0 Å². The van der Waals surface area contributed by atoms with Crippen molar-refractivity contribution in [2.24, 2.45) is 0 Å². The lowest BCUT2D eigenvalue weighted by Gasteiger charge is -2.37. The lowest BCUT2D eigenvalue weighted by atomic mass is 10.1. The van der Waals surface area contributed by atoms with E-state index < -0.39 is 0 Å². The topological polar surface area (TPSA) is 32.3 Å². The van der Waals surface area contributed by atoms with E-state index in [1.807, 2.05) is 0 Å². The van der Waals surface area contributed by atoms with E-state index in [2.05, 4.69) is 24.1 Å². The zero-order chi connectivity index (χ0) is 9.68. The molecule has 0 amide bonds. The third kappa shape index (κ3) is 3.44. The molecule has 3 heteroatoms. The molecule has 13 heavy (non-hydrogen) atoms. The van der Waals surface area contributed by atoms with Gasteiger partial charge in [-0.1, -0.05) is 6.92 Å². The van der Waals surface area contributed by atoms with Crippen molar-refractivity contribution in [3.63, 3.8) is 0 Å². The number of aldehydes is 1. The first kappa shape index (κ1) is 10.7. The second-order valence-corrected chi connectivity index (χ2v) is 3.89. The van der Waals surface area contributed by atoms with Crippen LogP contribution in [0, 0.1) is 0 Å². The van der Waals surface area contributed by atoms with Gasteiger partial charge in [-0.25, -0.2) is 0 Å². The Bertz CT molecular complexity index is 161. The van der Waals surface area contributed by atoms with Gasteiger partial charge in [-0.15, -0.1) is 0 Å². The molecular formula is C10H20N2O. The second-order valence-electron chi connectivity index (χ2n) is 3.89. The number of carbonyl (C=O) groups is 1. The zero-order valence-corrected chi connectivity index (χ0v) is 8.62. The van der Waals surface area contributed by atoms with Crippen molar-refractivity contribution < 1.29 is 4.79 Å². The number of nitrogens with zero attached hydrogens (tertiary/aromatic N) is 1. The van der Waals surface area contributed by atoms with Gasteiger partial charge in [0.15, 0.2) is 0 Å². The van der Waals surface area contributed by atoms with Gasteiger partial charge in [0.05, 0.1) is 0 Å². The molecule has 3 nitrogen and oxygen atoms in total. The van der Waals surface area contributed by atoms with Crippen LogP contribution in [-0.2, 0) is 4.79 Å². The smallest absolute Gasteiger partial charge is 0.121 e. The normalized spacial score (nSPS) is 30.3. The van der Waals surface area contributed by atoms with Crippen molar-refractivity contribution in [3.8, 4) is 0 Å². The minimum absolute atomic E-state index is 0.561. The van der Waals surface area contributed by atoms with Crippen LogP contribution in [0.5, 0.6) is 0 Å². The molecule has 2 atom stereocenters. The first-order valence-corrected chi connectivity index (χ1v) is 5.18. The van der Waals surface area contributed by atoms with E-state index in [1.54, 1.807) is 0 Å². The Hall–Kier alpha value is -0.410. The predicted octanol–water partition coefficient (Wildman–Crippen LogP) is 0.648. The molecule has 0 bridgehead atoms. The van der Waals surface area contributed by atoms with Crippen molar-refractivity contribution in [1.82, 2.24) is 10.2 Å². The molecule has 0 spiro atoms. The quantitative estimate of drug-likeness (QED) is 0.651. The molecule has 1 N–H and O–H groups in total. The van der Waals surface area contributed by atoms with Crippen LogP contribution in [-0.4, -0.2) is 42.9 Å². The summed E-state index contributed by atoms with van der Waals surface area (Å²) in [6.07, 6.45) is 2.85. The maximum atomic E-state index is 10.2. The Kier molecular flexibility index (Phi) is 4.39. The number of piperazine rings is 1. The highest BCUT2D eigenvalue weighted by molar-refractivity contribution is 5.49. The van der Waals surface area contributed by atoms with E-state index in [0.717, 1.165) is 25.9 Å². The standard InChI is InChI=1S/C10H20N2O/c1-3-10-8-12(5-4-6-13)7-9(2)11-10/h6,9-11H,3-5,7-8H2,1-2H3. The Morgan fingerprint density at radius 2 is 2.31 bits per heavy atom. The lowest BCUT2D eigenvalue weighted by molar-refractivity contribution is -0.108. The Labute approximate surface area is 80.5 Å². The highest BCUT2D eigenvalue weighted by atomic mass is 16.1. The van der Waals surface area contributed by atoms with Crippen LogP contribution in [0.15, 0.2) is 0 Å². The molecule has 0 radical (unpaired) electrons. The van der Waals surface area contributed by atoms with E-state index in [4.69, 9.17) is 0 Å². The van der Waals surface area contributed by atoms with Gasteiger partial charge in [0.2, 0.25) is 0 Å². The summed E-state index contributed by atoms with van der Waals surface area (Å²) in [5.41, 5.74) is 0. The third-order valence-electron chi connectivity index (χ3n) is 2.59. The van der Waals surface area contributed by atoms with Gasteiger partial charge in [0.1, 0.15) is 6.29 Å². The second kappa shape index (κ2) is 5.35. The number of hydrogen-bond acceptors (Lipinski definition) is 3. The predicted molar refractivity (Wildman–Crippen MR) is 53.8 cm³/mol. The summed E-state index contributed by atoms with van der Waals surface area (Å²) >= 11 is 0. The Morgan fingerprint density at radius 1 is 1.54 bits per heavy atom. The minimum Gasteiger partial charge on any atom is -0.309 e. The van der Waals surface area contributed by atoms with Crippen LogP contribution in [0.4, 0.5) is 0 Å². The molecule has 0 aromatic carbocycles. The molecule has 0 aromatic heterocycles. The SMILES string of the molecule is CCC1CN(CCC=O)CC(C)N1. The third-order valence-corrected chi connectivity index (χ3v) is 2.59. The summed E-state index contributed by atoms with van der Waals surface area (Å²) in [7, 11) is 0. The van der Waals surface area contributed by atoms with Gasteiger partial charge in [-0.3, -0.25) is 4.90 Å². The number of carbonyl (C=O) groups excluding carboxylic acids is 1. The van der Waals surface area contributed by atoms with Gasteiger partial charge in [0, 0.05) is 38.1 Å². The monoisotopic (exact) mass is 184 g/mol. The van der Waals surface area contributed by atoms with Crippen LogP contribution in [0.1, 0.15) is 26.7 Å². The van der Waals surface area contributed by atoms with Crippen LogP contribution in [0.3, 0.4) is 0 Å².